The van der Waals surface area contributed by atoms with E-state index >= 15 is 0 Å². The molecule has 3 atom stereocenters. The molecule has 9 nitrogen and oxygen atoms in total. The van der Waals surface area contributed by atoms with E-state index in [4.69, 9.17) is 0 Å². The maximum absolute atomic E-state index is 13.3. The summed E-state index contributed by atoms with van der Waals surface area (Å²) in [6.45, 7) is 17.7. The Morgan fingerprint density at radius 2 is 1.56 bits per heavy atom. The van der Waals surface area contributed by atoms with Crippen LogP contribution >= 0.6 is 0 Å². The van der Waals surface area contributed by atoms with Crippen molar-refractivity contribution in [2.45, 2.75) is 104 Å². The number of benzene rings is 1. The molecule has 0 saturated carbocycles. The third-order valence-electron chi connectivity index (χ3n) is 6.44. The zero-order valence-electron chi connectivity index (χ0n) is 25.8. The highest BCUT2D eigenvalue weighted by molar-refractivity contribution is 5.88. The van der Waals surface area contributed by atoms with Crippen molar-refractivity contribution in [1.82, 2.24) is 25.8 Å². The van der Waals surface area contributed by atoms with Crippen LogP contribution in [-0.4, -0.2) is 88.7 Å². The molecule has 0 aliphatic carbocycles. The maximum Gasteiger partial charge on any atom is 0.317 e. The summed E-state index contributed by atoms with van der Waals surface area (Å²) in [6.07, 6.45) is 0.136. The van der Waals surface area contributed by atoms with Gasteiger partial charge in [-0.25, -0.2) is 4.79 Å². The summed E-state index contributed by atoms with van der Waals surface area (Å²) in [5.41, 5.74) is -0.0584. The molecule has 0 aromatic heterocycles. The molecular weight excluding hydrogens is 494 g/mol. The lowest BCUT2D eigenvalue weighted by atomic mass is 10.00. The van der Waals surface area contributed by atoms with Crippen LogP contribution in [0.3, 0.4) is 0 Å². The minimum absolute atomic E-state index is 0.0606. The second kappa shape index (κ2) is 15.2. The number of hydrogen-bond acceptors (Lipinski definition) is 5. The summed E-state index contributed by atoms with van der Waals surface area (Å²) in [6, 6.07) is 8.24. The molecule has 39 heavy (non-hydrogen) atoms. The lowest BCUT2D eigenvalue weighted by Crippen LogP contribution is -2.58. The molecule has 0 saturated heterocycles. The average Bonchev–Trinajstić information content (AvgIpc) is 2.82. The van der Waals surface area contributed by atoms with Crippen LogP contribution in [0.5, 0.6) is 0 Å². The summed E-state index contributed by atoms with van der Waals surface area (Å²) in [5, 5.41) is 20.3. The number of nitrogens with zero attached hydrogens (tertiary/aromatic N) is 2. The van der Waals surface area contributed by atoms with Gasteiger partial charge >= 0.3 is 6.03 Å². The molecule has 0 spiro atoms. The van der Waals surface area contributed by atoms with Crippen LogP contribution in [0.1, 0.15) is 74.3 Å². The number of aliphatic hydroxyl groups excluding tert-OH is 1. The van der Waals surface area contributed by atoms with Crippen molar-refractivity contribution in [1.29, 1.82) is 0 Å². The molecule has 1 aromatic rings. The Morgan fingerprint density at radius 3 is 2.05 bits per heavy atom. The number of carbonyl (C=O) groups is 3. The molecule has 1 aromatic carbocycles. The van der Waals surface area contributed by atoms with E-state index in [1.807, 2.05) is 71.9 Å². The first-order valence-corrected chi connectivity index (χ1v) is 14.0. The molecule has 0 heterocycles. The van der Waals surface area contributed by atoms with E-state index in [9.17, 15) is 19.5 Å². The number of urea groups is 1. The van der Waals surface area contributed by atoms with Crippen LogP contribution in [-0.2, 0) is 16.0 Å². The summed E-state index contributed by atoms with van der Waals surface area (Å²) in [5.74, 6) is -0.165. The summed E-state index contributed by atoms with van der Waals surface area (Å²) in [7, 11) is 1.70. The number of rotatable bonds is 13. The van der Waals surface area contributed by atoms with E-state index in [-0.39, 0.29) is 30.9 Å². The molecule has 0 aliphatic heterocycles. The summed E-state index contributed by atoms with van der Waals surface area (Å²) >= 11 is 0. The molecular formula is C30H53N5O4. The molecule has 1 rings (SSSR count). The van der Waals surface area contributed by atoms with Gasteiger partial charge in [-0.05, 0) is 79.8 Å². The quantitative estimate of drug-likeness (QED) is 0.303. The number of carbonyl (C=O) groups excluding carboxylic acids is 3. The minimum Gasteiger partial charge on any atom is -0.389 e. The minimum atomic E-state index is -1.03. The van der Waals surface area contributed by atoms with E-state index in [0.717, 1.165) is 12.0 Å². The first-order chi connectivity index (χ1) is 17.9. The van der Waals surface area contributed by atoms with Gasteiger partial charge in [0.25, 0.3) is 0 Å². The largest absolute Gasteiger partial charge is 0.389 e. The van der Waals surface area contributed by atoms with Gasteiger partial charge in [0, 0.05) is 17.6 Å². The Morgan fingerprint density at radius 1 is 0.974 bits per heavy atom. The van der Waals surface area contributed by atoms with Gasteiger partial charge < -0.3 is 30.9 Å². The van der Waals surface area contributed by atoms with Gasteiger partial charge in [-0.1, -0.05) is 44.2 Å². The predicted octanol–water partition coefficient (Wildman–Crippen LogP) is 3.17. The Bertz CT molecular complexity index is 908. The van der Waals surface area contributed by atoms with Gasteiger partial charge in [0.1, 0.15) is 6.54 Å². The standard InChI is InChI=1S/C30H53N5O4/c1-21(2)16-17-34(28(39)33-29(4,5)6)19-25(36)24(18-23-14-12-11-13-15-23)32-26(37)20-35(30(7,8)9)27(38)22(3)31-10/h11-15,21-22,24-25,31,36H,16-20H2,1-10H3,(H,32,37)(H,33,39)/t22-,24-,25+/m0/s1. The molecule has 9 heteroatoms. The highest BCUT2D eigenvalue weighted by atomic mass is 16.3. The molecule has 0 radical (unpaired) electrons. The van der Waals surface area contributed by atoms with Crippen LogP contribution in [0.15, 0.2) is 30.3 Å². The predicted molar refractivity (Wildman–Crippen MR) is 157 cm³/mol. The lowest BCUT2D eigenvalue weighted by Gasteiger charge is -2.37. The van der Waals surface area contributed by atoms with Gasteiger partial charge in [-0.3, -0.25) is 9.59 Å². The lowest BCUT2D eigenvalue weighted by molar-refractivity contribution is -0.142. The van der Waals surface area contributed by atoms with Crippen molar-refractivity contribution in [3.63, 3.8) is 0 Å². The number of hydrogen-bond donors (Lipinski definition) is 4. The summed E-state index contributed by atoms with van der Waals surface area (Å²) < 4.78 is 0. The third-order valence-corrected chi connectivity index (χ3v) is 6.44. The van der Waals surface area contributed by atoms with Crippen molar-refractivity contribution < 1.29 is 19.5 Å². The highest BCUT2D eigenvalue weighted by Crippen LogP contribution is 2.16. The normalized spacial score (nSPS) is 14.4. The monoisotopic (exact) mass is 547 g/mol. The molecule has 4 N–H and O–H groups in total. The van der Waals surface area contributed by atoms with Crippen molar-refractivity contribution in [2.75, 3.05) is 26.7 Å². The van der Waals surface area contributed by atoms with E-state index < -0.39 is 29.3 Å². The Kier molecular flexibility index (Phi) is 13.4. The van der Waals surface area contributed by atoms with E-state index in [0.29, 0.717) is 18.9 Å². The van der Waals surface area contributed by atoms with Crippen LogP contribution < -0.4 is 16.0 Å². The Labute approximate surface area is 236 Å². The van der Waals surface area contributed by atoms with Gasteiger partial charge in [-0.2, -0.15) is 0 Å². The van der Waals surface area contributed by atoms with Gasteiger partial charge in [0.2, 0.25) is 11.8 Å². The van der Waals surface area contributed by atoms with Crippen LogP contribution in [0.25, 0.3) is 0 Å². The first kappa shape index (κ1) is 34.4. The SMILES string of the molecule is CN[C@@H](C)C(=O)N(CC(=O)N[C@@H](Cc1ccccc1)[C@H](O)CN(CCC(C)C)C(=O)NC(C)(C)C)C(C)(C)C. The zero-order chi connectivity index (χ0) is 30.0. The first-order valence-electron chi connectivity index (χ1n) is 14.0. The van der Waals surface area contributed by atoms with Crippen LogP contribution in [0.2, 0.25) is 0 Å². The smallest absolute Gasteiger partial charge is 0.317 e. The number of amides is 4. The van der Waals surface area contributed by atoms with E-state index in [1.54, 1.807) is 23.8 Å². The fraction of sp³-hybridized carbons (Fsp3) is 0.700. The zero-order valence-corrected chi connectivity index (χ0v) is 25.8. The maximum atomic E-state index is 13.3. The van der Waals surface area contributed by atoms with Crippen LogP contribution in [0.4, 0.5) is 4.79 Å². The van der Waals surface area contributed by atoms with Crippen molar-refractivity contribution in [3.8, 4) is 0 Å². The van der Waals surface area contributed by atoms with E-state index in [1.165, 1.54) is 0 Å². The Balaban J connectivity index is 3.19. The second-order valence-corrected chi connectivity index (χ2v) is 12.8. The average molecular weight is 548 g/mol. The Hall–Kier alpha value is -2.65. The molecule has 0 unspecified atom stereocenters. The third kappa shape index (κ3) is 12.8. The van der Waals surface area contributed by atoms with Crippen molar-refractivity contribution >= 4 is 17.8 Å². The fourth-order valence-corrected chi connectivity index (χ4v) is 3.99. The fourth-order valence-electron chi connectivity index (χ4n) is 3.99. The van der Waals surface area contributed by atoms with Crippen molar-refractivity contribution in [2.24, 2.45) is 5.92 Å². The van der Waals surface area contributed by atoms with E-state index in [2.05, 4.69) is 29.8 Å². The molecule has 0 aliphatic rings. The van der Waals surface area contributed by atoms with Crippen molar-refractivity contribution in [3.05, 3.63) is 35.9 Å². The topological polar surface area (TPSA) is 114 Å². The van der Waals surface area contributed by atoms with Gasteiger partial charge in [0.05, 0.1) is 24.7 Å². The molecule has 4 amide bonds. The molecule has 0 fully saturated rings. The number of nitrogens with one attached hydrogen (secondary N) is 3. The van der Waals surface area contributed by atoms with Gasteiger partial charge in [0.15, 0.2) is 0 Å². The summed E-state index contributed by atoms with van der Waals surface area (Å²) in [4.78, 5) is 42.6. The van der Waals surface area contributed by atoms with Gasteiger partial charge in [-0.15, -0.1) is 0 Å². The highest BCUT2D eigenvalue weighted by Gasteiger charge is 2.33. The molecule has 222 valence electrons. The number of likely N-dealkylation sites (N-methyl/N-ethyl adjacent to an activating group) is 1. The number of aliphatic hydroxyl groups is 1. The van der Waals surface area contributed by atoms with Crippen LogP contribution in [0, 0.1) is 5.92 Å². The molecule has 0 bridgehead atoms. The second-order valence-electron chi connectivity index (χ2n) is 12.8.